The standard InChI is InChI=1S/C10H14O4/c1-13-9(11)8-6-4-2-3-5-7(6)14-10(8)12/h6-8H,2-5H2,1H3/t6-,7+,8+/m0/s1. The Kier molecular flexibility index (Phi) is 2.44. The molecule has 0 amide bonds. The van der Waals surface area contributed by atoms with Gasteiger partial charge in [0.25, 0.3) is 0 Å². The third-order valence-corrected chi connectivity index (χ3v) is 3.16. The van der Waals surface area contributed by atoms with Crippen LogP contribution in [0.3, 0.4) is 0 Å². The average Bonchev–Trinajstić information content (AvgIpc) is 2.53. The minimum Gasteiger partial charge on any atom is -0.468 e. The van der Waals surface area contributed by atoms with Crippen LogP contribution in [0.5, 0.6) is 0 Å². The summed E-state index contributed by atoms with van der Waals surface area (Å²) in [5.74, 6) is -1.44. The largest absolute Gasteiger partial charge is 0.468 e. The lowest BCUT2D eigenvalue weighted by Gasteiger charge is -2.24. The number of carbonyl (C=O) groups excluding carboxylic acids is 2. The lowest BCUT2D eigenvalue weighted by molar-refractivity contribution is -0.155. The van der Waals surface area contributed by atoms with E-state index in [-0.39, 0.29) is 12.0 Å². The first-order valence-electron chi connectivity index (χ1n) is 5.02. The predicted molar refractivity (Wildman–Crippen MR) is 47.3 cm³/mol. The van der Waals surface area contributed by atoms with Gasteiger partial charge in [-0.3, -0.25) is 9.59 Å². The maximum Gasteiger partial charge on any atom is 0.321 e. The molecule has 0 N–H and O–H groups in total. The molecule has 1 saturated heterocycles. The molecule has 2 fully saturated rings. The Balaban J connectivity index is 2.15. The van der Waals surface area contributed by atoms with Crippen LogP contribution in [0.2, 0.25) is 0 Å². The van der Waals surface area contributed by atoms with Crippen LogP contribution >= 0.6 is 0 Å². The van der Waals surface area contributed by atoms with Crippen LogP contribution in [-0.4, -0.2) is 25.2 Å². The molecule has 0 radical (unpaired) electrons. The van der Waals surface area contributed by atoms with Crippen molar-refractivity contribution in [3.8, 4) is 0 Å². The molecule has 4 heteroatoms. The number of esters is 2. The fourth-order valence-corrected chi connectivity index (χ4v) is 2.45. The maximum atomic E-state index is 11.4. The summed E-state index contributed by atoms with van der Waals surface area (Å²) >= 11 is 0. The summed E-state index contributed by atoms with van der Waals surface area (Å²) in [5, 5.41) is 0. The molecule has 0 spiro atoms. The van der Waals surface area contributed by atoms with Crippen LogP contribution < -0.4 is 0 Å². The van der Waals surface area contributed by atoms with Crippen molar-refractivity contribution in [2.75, 3.05) is 7.11 Å². The lowest BCUT2D eigenvalue weighted by atomic mass is 9.80. The number of carbonyl (C=O) groups is 2. The van der Waals surface area contributed by atoms with Crippen molar-refractivity contribution in [1.29, 1.82) is 0 Å². The molecule has 1 heterocycles. The van der Waals surface area contributed by atoms with Crippen molar-refractivity contribution < 1.29 is 19.1 Å². The molecule has 0 aromatic carbocycles. The fraction of sp³-hybridized carbons (Fsp3) is 0.800. The molecular formula is C10H14O4. The highest BCUT2D eigenvalue weighted by atomic mass is 16.6. The van der Waals surface area contributed by atoms with Crippen molar-refractivity contribution in [3.63, 3.8) is 0 Å². The zero-order valence-electron chi connectivity index (χ0n) is 8.19. The van der Waals surface area contributed by atoms with Gasteiger partial charge in [-0.05, 0) is 19.3 Å². The number of hydrogen-bond donors (Lipinski definition) is 0. The molecule has 1 aliphatic carbocycles. The van der Waals surface area contributed by atoms with E-state index in [1.165, 1.54) is 7.11 Å². The number of rotatable bonds is 1. The van der Waals surface area contributed by atoms with Gasteiger partial charge in [0.1, 0.15) is 6.10 Å². The van der Waals surface area contributed by atoms with E-state index in [0.717, 1.165) is 25.7 Å². The Labute approximate surface area is 82.6 Å². The van der Waals surface area contributed by atoms with Crippen LogP contribution in [0.15, 0.2) is 0 Å². The molecule has 14 heavy (non-hydrogen) atoms. The summed E-state index contributed by atoms with van der Waals surface area (Å²) in [6, 6.07) is 0. The first-order chi connectivity index (χ1) is 6.74. The summed E-state index contributed by atoms with van der Waals surface area (Å²) in [7, 11) is 1.31. The quantitative estimate of drug-likeness (QED) is 0.464. The summed E-state index contributed by atoms with van der Waals surface area (Å²) in [6.45, 7) is 0. The van der Waals surface area contributed by atoms with E-state index in [1.54, 1.807) is 0 Å². The highest BCUT2D eigenvalue weighted by Gasteiger charge is 2.49. The van der Waals surface area contributed by atoms with Gasteiger partial charge in [-0.2, -0.15) is 0 Å². The molecular weight excluding hydrogens is 184 g/mol. The van der Waals surface area contributed by atoms with Crippen LogP contribution in [-0.2, 0) is 19.1 Å². The molecule has 2 aliphatic rings. The normalized spacial score (nSPS) is 36.1. The van der Waals surface area contributed by atoms with Gasteiger partial charge >= 0.3 is 11.9 Å². The monoisotopic (exact) mass is 198 g/mol. The fourth-order valence-electron chi connectivity index (χ4n) is 2.45. The van der Waals surface area contributed by atoms with Crippen LogP contribution in [0.4, 0.5) is 0 Å². The summed E-state index contributed by atoms with van der Waals surface area (Å²) in [6.07, 6.45) is 3.91. The molecule has 0 bridgehead atoms. The van der Waals surface area contributed by atoms with Crippen LogP contribution in [0.1, 0.15) is 25.7 Å². The second-order valence-corrected chi connectivity index (χ2v) is 3.92. The van der Waals surface area contributed by atoms with Crippen molar-refractivity contribution in [2.45, 2.75) is 31.8 Å². The topological polar surface area (TPSA) is 52.6 Å². The molecule has 2 rings (SSSR count). The Morgan fingerprint density at radius 3 is 2.86 bits per heavy atom. The van der Waals surface area contributed by atoms with Gasteiger partial charge in [0.2, 0.25) is 0 Å². The van der Waals surface area contributed by atoms with Crippen LogP contribution in [0.25, 0.3) is 0 Å². The van der Waals surface area contributed by atoms with Gasteiger partial charge in [-0.1, -0.05) is 6.42 Å². The Hall–Kier alpha value is -1.06. The molecule has 78 valence electrons. The van der Waals surface area contributed by atoms with Gasteiger partial charge in [0.05, 0.1) is 7.11 Å². The third-order valence-electron chi connectivity index (χ3n) is 3.16. The van der Waals surface area contributed by atoms with Crippen molar-refractivity contribution in [3.05, 3.63) is 0 Å². The van der Waals surface area contributed by atoms with Crippen LogP contribution in [0, 0.1) is 11.8 Å². The smallest absolute Gasteiger partial charge is 0.321 e. The number of ether oxygens (including phenoxy) is 2. The summed E-state index contributed by atoms with van der Waals surface area (Å²) in [5.41, 5.74) is 0. The summed E-state index contributed by atoms with van der Waals surface area (Å²) in [4.78, 5) is 22.8. The molecule has 1 aliphatic heterocycles. The zero-order chi connectivity index (χ0) is 10.1. The molecule has 0 aromatic rings. The first kappa shape index (κ1) is 9.49. The van der Waals surface area contributed by atoms with E-state index in [9.17, 15) is 9.59 Å². The van der Waals surface area contributed by atoms with Gasteiger partial charge in [0, 0.05) is 5.92 Å². The SMILES string of the molecule is COC(=O)[C@@H]1C(=O)O[C@@H]2CCCC[C@H]12. The Bertz CT molecular complexity index is 261. The van der Waals surface area contributed by atoms with Crippen molar-refractivity contribution >= 4 is 11.9 Å². The first-order valence-corrected chi connectivity index (χ1v) is 5.02. The molecule has 4 nitrogen and oxygen atoms in total. The second-order valence-electron chi connectivity index (χ2n) is 3.92. The van der Waals surface area contributed by atoms with Crippen molar-refractivity contribution in [1.82, 2.24) is 0 Å². The highest BCUT2D eigenvalue weighted by Crippen LogP contribution is 2.39. The van der Waals surface area contributed by atoms with E-state index >= 15 is 0 Å². The van der Waals surface area contributed by atoms with Crippen molar-refractivity contribution in [2.24, 2.45) is 11.8 Å². The van der Waals surface area contributed by atoms with E-state index in [1.807, 2.05) is 0 Å². The second kappa shape index (κ2) is 3.59. The summed E-state index contributed by atoms with van der Waals surface area (Å²) < 4.78 is 9.77. The molecule has 0 unspecified atom stereocenters. The lowest BCUT2D eigenvalue weighted by Crippen LogP contribution is -2.30. The predicted octanol–water partition coefficient (Wildman–Crippen LogP) is 0.891. The number of methoxy groups -OCH3 is 1. The van der Waals surface area contributed by atoms with E-state index in [0.29, 0.717) is 0 Å². The zero-order valence-corrected chi connectivity index (χ0v) is 8.19. The van der Waals surface area contributed by atoms with E-state index < -0.39 is 17.9 Å². The maximum absolute atomic E-state index is 11.4. The average molecular weight is 198 g/mol. The molecule has 1 saturated carbocycles. The molecule has 0 aromatic heterocycles. The van der Waals surface area contributed by atoms with Gasteiger partial charge in [-0.25, -0.2) is 0 Å². The number of hydrogen-bond acceptors (Lipinski definition) is 4. The minimum absolute atomic E-state index is 0.0413. The Morgan fingerprint density at radius 2 is 2.14 bits per heavy atom. The third kappa shape index (κ3) is 1.38. The highest BCUT2D eigenvalue weighted by molar-refractivity contribution is 5.96. The van der Waals surface area contributed by atoms with Gasteiger partial charge in [-0.15, -0.1) is 0 Å². The van der Waals surface area contributed by atoms with E-state index in [2.05, 4.69) is 4.74 Å². The minimum atomic E-state index is -0.662. The number of fused-ring (bicyclic) bond motifs is 1. The van der Waals surface area contributed by atoms with E-state index in [4.69, 9.17) is 4.74 Å². The molecule has 3 atom stereocenters. The van der Waals surface area contributed by atoms with Gasteiger partial charge in [0.15, 0.2) is 5.92 Å². The Morgan fingerprint density at radius 1 is 1.43 bits per heavy atom. The van der Waals surface area contributed by atoms with Gasteiger partial charge < -0.3 is 9.47 Å².